The highest BCUT2D eigenvalue weighted by atomic mass is 19.1. The highest BCUT2D eigenvalue weighted by Gasteiger charge is 2.30. The number of nitrogens with zero attached hydrogens (tertiary/aromatic N) is 5. The molecule has 0 spiro atoms. The summed E-state index contributed by atoms with van der Waals surface area (Å²) >= 11 is 0. The van der Waals surface area contributed by atoms with Crippen molar-refractivity contribution in [3.05, 3.63) is 30.1 Å². The van der Waals surface area contributed by atoms with Gasteiger partial charge in [-0.05, 0) is 50.0 Å². The van der Waals surface area contributed by atoms with Gasteiger partial charge in [0.25, 0.3) is 0 Å². The molecule has 0 bridgehead atoms. The Morgan fingerprint density at radius 1 is 1.42 bits per heavy atom. The van der Waals surface area contributed by atoms with E-state index in [4.69, 9.17) is 0 Å². The summed E-state index contributed by atoms with van der Waals surface area (Å²) in [5.74, 6) is -0.0170. The molecule has 1 saturated heterocycles. The van der Waals surface area contributed by atoms with Gasteiger partial charge in [0.2, 0.25) is 11.7 Å². The Kier molecular flexibility index (Phi) is 4.87. The highest BCUT2D eigenvalue weighted by Crippen LogP contribution is 2.23. The molecule has 0 saturated carbocycles. The normalized spacial score (nSPS) is 19.3. The number of likely N-dealkylation sites (tertiary alicyclic amines) is 1. The minimum atomic E-state index is -0.521. The molecule has 1 aliphatic rings. The molecule has 2 unspecified atom stereocenters. The van der Waals surface area contributed by atoms with E-state index in [2.05, 4.69) is 22.3 Å². The number of tetrazole rings is 1. The number of halogens is 1. The van der Waals surface area contributed by atoms with Crippen LogP contribution in [0, 0.1) is 5.82 Å². The summed E-state index contributed by atoms with van der Waals surface area (Å²) in [5.41, 5.74) is 0.547. The molecule has 1 aliphatic heterocycles. The molecule has 24 heavy (non-hydrogen) atoms. The number of amides is 1. The first-order valence-electron chi connectivity index (χ1n) is 8.46. The van der Waals surface area contributed by atoms with Crippen molar-refractivity contribution in [1.82, 2.24) is 25.1 Å². The fourth-order valence-corrected chi connectivity index (χ4v) is 3.19. The minimum Gasteiger partial charge on any atom is -0.338 e. The summed E-state index contributed by atoms with van der Waals surface area (Å²) < 4.78 is 13.3. The lowest BCUT2D eigenvalue weighted by Gasteiger charge is -2.36. The summed E-state index contributed by atoms with van der Waals surface area (Å²) in [6.07, 6.45) is 4.21. The van der Waals surface area contributed by atoms with Gasteiger partial charge >= 0.3 is 0 Å². The number of aromatic nitrogens is 4. The van der Waals surface area contributed by atoms with Crippen LogP contribution in [0.4, 0.5) is 4.39 Å². The van der Waals surface area contributed by atoms with Crippen LogP contribution in [0.3, 0.4) is 0 Å². The average molecular weight is 331 g/mol. The molecular formula is C17H22FN5O. The van der Waals surface area contributed by atoms with E-state index >= 15 is 0 Å². The predicted octanol–water partition coefficient (Wildman–Crippen LogP) is 2.83. The maximum atomic E-state index is 13.3. The van der Waals surface area contributed by atoms with Crippen LogP contribution in [0.1, 0.15) is 45.6 Å². The Morgan fingerprint density at radius 3 is 3.00 bits per heavy atom. The van der Waals surface area contributed by atoms with E-state index in [1.54, 1.807) is 19.1 Å². The Morgan fingerprint density at radius 2 is 2.25 bits per heavy atom. The van der Waals surface area contributed by atoms with Crippen LogP contribution in [-0.4, -0.2) is 43.6 Å². The van der Waals surface area contributed by atoms with Gasteiger partial charge in [0.1, 0.15) is 11.9 Å². The number of benzene rings is 1. The third-order valence-electron chi connectivity index (χ3n) is 4.60. The Labute approximate surface area is 140 Å². The van der Waals surface area contributed by atoms with E-state index in [0.29, 0.717) is 17.4 Å². The largest absolute Gasteiger partial charge is 0.338 e. The molecular weight excluding hydrogens is 309 g/mol. The zero-order chi connectivity index (χ0) is 17.1. The van der Waals surface area contributed by atoms with Crippen LogP contribution in [0.2, 0.25) is 0 Å². The number of hydrogen-bond donors (Lipinski definition) is 0. The monoisotopic (exact) mass is 331 g/mol. The lowest BCUT2D eigenvalue weighted by atomic mass is 9.99. The second-order valence-corrected chi connectivity index (χ2v) is 6.21. The van der Waals surface area contributed by atoms with Crippen molar-refractivity contribution in [3.63, 3.8) is 0 Å². The molecule has 1 aromatic heterocycles. The van der Waals surface area contributed by atoms with Crippen LogP contribution >= 0.6 is 0 Å². The molecule has 0 N–H and O–H groups in total. The summed E-state index contributed by atoms with van der Waals surface area (Å²) in [6.45, 7) is 4.67. The van der Waals surface area contributed by atoms with Crippen LogP contribution in [0.25, 0.3) is 11.4 Å². The Balaban J connectivity index is 1.78. The molecule has 2 heterocycles. The Hall–Kier alpha value is -2.31. The lowest BCUT2D eigenvalue weighted by Crippen LogP contribution is -2.46. The molecule has 2 atom stereocenters. The molecule has 128 valence electrons. The number of rotatable bonds is 4. The van der Waals surface area contributed by atoms with Gasteiger partial charge < -0.3 is 4.90 Å². The summed E-state index contributed by atoms with van der Waals surface area (Å²) in [7, 11) is 0. The first-order valence-corrected chi connectivity index (χ1v) is 8.46. The number of piperidine rings is 1. The third kappa shape index (κ3) is 3.29. The van der Waals surface area contributed by atoms with Gasteiger partial charge in [-0.3, -0.25) is 4.79 Å². The van der Waals surface area contributed by atoms with E-state index < -0.39 is 6.04 Å². The molecule has 1 fully saturated rings. The zero-order valence-electron chi connectivity index (χ0n) is 14.0. The predicted molar refractivity (Wildman–Crippen MR) is 87.6 cm³/mol. The van der Waals surface area contributed by atoms with Gasteiger partial charge in [-0.15, -0.1) is 10.2 Å². The van der Waals surface area contributed by atoms with Crippen molar-refractivity contribution >= 4 is 5.91 Å². The standard InChI is InChI=1S/C17H22FN5O/c1-3-15-9-4-5-10-22(15)17(24)12(2)23-20-16(19-21-23)13-7-6-8-14(18)11-13/h6-8,11-12,15H,3-5,9-10H2,1-2H3. The second kappa shape index (κ2) is 7.07. The second-order valence-electron chi connectivity index (χ2n) is 6.21. The van der Waals surface area contributed by atoms with Gasteiger partial charge in [-0.25, -0.2) is 4.39 Å². The van der Waals surface area contributed by atoms with Gasteiger partial charge in [-0.1, -0.05) is 19.1 Å². The van der Waals surface area contributed by atoms with Gasteiger partial charge in [-0.2, -0.15) is 4.80 Å². The fraction of sp³-hybridized carbons (Fsp3) is 0.529. The van der Waals surface area contributed by atoms with E-state index in [9.17, 15) is 9.18 Å². The first kappa shape index (κ1) is 16.5. The Bertz CT molecular complexity index is 717. The first-order chi connectivity index (χ1) is 11.6. The maximum absolute atomic E-state index is 13.3. The van der Waals surface area contributed by atoms with E-state index in [-0.39, 0.29) is 11.7 Å². The molecule has 7 heteroatoms. The van der Waals surface area contributed by atoms with Crippen molar-refractivity contribution in [3.8, 4) is 11.4 Å². The van der Waals surface area contributed by atoms with Crippen molar-refractivity contribution in [2.24, 2.45) is 0 Å². The number of carbonyl (C=O) groups is 1. The SMILES string of the molecule is CCC1CCCCN1C(=O)C(C)n1nnc(-c2cccc(F)c2)n1. The summed E-state index contributed by atoms with van der Waals surface area (Å²) in [5, 5.41) is 12.2. The topological polar surface area (TPSA) is 63.9 Å². The molecule has 1 aromatic carbocycles. The minimum absolute atomic E-state index is 0.0183. The van der Waals surface area contributed by atoms with Gasteiger partial charge in [0, 0.05) is 18.2 Å². The summed E-state index contributed by atoms with van der Waals surface area (Å²) in [6, 6.07) is 5.80. The smallest absolute Gasteiger partial charge is 0.249 e. The van der Waals surface area contributed by atoms with Crippen LogP contribution in [-0.2, 0) is 4.79 Å². The molecule has 2 aromatic rings. The van der Waals surface area contributed by atoms with E-state index in [0.717, 1.165) is 25.8 Å². The lowest BCUT2D eigenvalue weighted by molar-refractivity contribution is -0.138. The number of hydrogen-bond acceptors (Lipinski definition) is 4. The highest BCUT2D eigenvalue weighted by molar-refractivity contribution is 5.80. The summed E-state index contributed by atoms with van der Waals surface area (Å²) in [4.78, 5) is 16.1. The van der Waals surface area contributed by atoms with Crippen molar-refractivity contribution in [1.29, 1.82) is 0 Å². The molecule has 6 nitrogen and oxygen atoms in total. The number of carbonyl (C=O) groups excluding carboxylic acids is 1. The molecule has 0 radical (unpaired) electrons. The van der Waals surface area contributed by atoms with Crippen molar-refractivity contribution in [2.75, 3.05) is 6.54 Å². The molecule has 3 rings (SSSR count). The van der Waals surface area contributed by atoms with Gasteiger partial charge in [0.05, 0.1) is 0 Å². The quantitative estimate of drug-likeness (QED) is 0.864. The molecule has 1 amide bonds. The maximum Gasteiger partial charge on any atom is 0.249 e. The van der Waals surface area contributed by atoms with Crippen molar-refractivity contribution in [2.45, 2.75) is 51.6 Å². The average Bonchev–Trinajstić information content (AvgIpc) is 3.10. The molecule has 0 aliphatic carbocycles. The van der Waals surface area contributed by atoms with E-state index in [1.807, 2.05) is 4.90 Å². The van der Waals surface area contributed by atoms with Crippen LogP contribution in [0.5, 0.6) is 0 Å². The third-order valence-corrected chi connectivity index (χ3v) is 4.60. The zero-order valence-corrected chi connectivity index (χ0v) is 14.0. The van der Waals surface area contributed by atoms with Crippen molar-refractivity contribution < 1.29 is 9.18 Å². The fourth-order valence-electron chi connectivity index (χ4n) is 3.19. The van der Waals surface area contributed by atoms with Crippen LogP contribution in [0.15, 0.2) is 24.3 Å². The van der Waals surface area contributed by atoms with Crippen LogP contribution < -0.4 is 0 Å². The van der Waals surface area contributed by atoms with Gasteiger partial charge in [0.15, 0.2) is 0 Å². The van der Waals surface area contributed by atoms with E-state index in [1.165, 1.54) is 23.4 Å².